The third-order valence-corrected chi connectivity index (χ3v) is 3.17. The summed E-state index contributed by atoms with van der Waals surface area (Å²) in [6.07, 6.45) is 2.95. The van der Waals surface area contributed by atoms with Crippen LogP contribution in [0.3, 0.4) is 0 Å². The van der Waals surface area contributed by atoms with Gasteiger partial charge in [0.2, 0.25) is 5.95 Å². The van der Waals surface area contributed by atoms with Crippen molar-refractivity contribution < 1.29 is 0 Å². The molecule has 0 bridgehead atoms. The lowest BCUT2D eigenvalue weighted by atomic mass is 10.0. The number of rotatable bonds is 4. The Labute approximate surface area is 117 Å². The Kier molecular flexibility index (Phi) is 4.22. The summed E-state index contributed by atoms with van der Waals surface area (Å²) in [5, 5.41) is 0.662. The van der Waals surface area contributed by atoms with Crippen LogP contribution in [-0.4, -0.2) is 9.97 Å². The molecule has 0 aliphatic rings. The zero-order valence-electron chi connectivity index (χ0n) is 10.9. The molecule has 0 spiro atoms. The van der Waals surface area contributed by atoms with Gasteiger partial charge >= 0.3 is 0 Å². The van der Waals surface area contributed by atoms with Crippen LogP contribution in [0.4, 0.5) is 11.8 Å². The molecule has 1 aromatic carbocycles. The lowest BCUT2D eigenvalue weighted by Gasteiger charge is -2.12. The first kappa shape index (κ1) is 13.6. The van der Waals surface area contributed by atoms with Crippen LogP contribution in [-0.2, 0) is 6.42 Å². The number of nitrogen functional groups attached to an aromatic ring is 2. The van der Waals surface area contributed by atoms with Gasteiger partial charge in [0.15, 0.2) is 0 Å². The van der Waals surface area contributed by atoms with E-state index in [0.717, 1.165) is 36.1 Å². The van der Waals surface area contributed by atoms with Crippen LogP contribution in [0, 0.1) is 0 Å². The summed E-state index contributed by atoms with van der Waals surface area (Å²) in [4.78, 5) is 8.37. The topological polar surface area (TPSA) is 77.8 Å². The minimum atomic E-state index is 0.188. The standard InChI is InChI=1S/C14H17ClN4/c1-2-3-7-11-12(18-14(17)19-13(11)16)9-5-4-6-10(15)8-9/h4-6,8H,2-3,7H2,1H3,(H4,16,17,18,19). The molecule has 0 saturated heterocycles. The van der Waals surface area contributed by atoms with Gasteiger partial charge in [-0.15, -0.1) is 0 Å². The van der Waals surface area contributed by atoms with Crippen molar-refractivity contribution in [3.63, 3.8) is 0 Å². The van der Waals surface area contributed by atoms with E-state index in [0.29, 0.717) is 10.8 Å². The maximum absolute atomic E-state index is 6.03. The van der Waals surface area contributed by atoms with E-state index in [9.17, 15) is 0 Å². The van der Waals surface area contributed by atoms with Crippen LogP contribution < -0.4 is 11.5 Å². The number of aromatic nitrogens is 2. The predicted octanol–water partition coefficient (Wildman–Crippen LogP) is 3.30. The van der Waals surface area contributed by atoms with Gasteiger partial charge in [-0.25, -0.2) is 4.98 Å². The van der Waals surface area contributed by atoms with Gasteiger partial charge in [-0.2, -0.15) is 4.98 Å². The van der Waals surface area contributed by atoms with Gasteiger partial charge < -0.3 is 11.5 Å². The number of nitrogens with zero attached hydrogens (tertiary/aromatic N) is 2. The molecular weight excluding hydrogens is 260 g/mol. The first-order valence-electron chi connectivity index (χ1n) is 6.29. The lowest BCUT2D eigenvalue weighted by Crippen LogP contribution is -2.07. The highest BCUT2D eigenvalue weighted by molar-refractivity contribution is 6.30. The van der Waals surface area contributed by atoms with E-state index in [-0.39, 0.29) is 5.95 Å². The third kappa shape index (κ3) is 3.15. The van der Waals surface area contributed by atoms with E-state index >= 15 is 0 Å². The maximum atomic E-state index is 6.03. The minimum Gasteiger partial charge on any atom is -0.383 e. The van der Waals surface area contributed by atoms with Gasteiger partial charge in [0.1, 0.15) is 5.82 Å². The fourth-order valence-corrected chi connectivity index (χ4v) is 2.18. The minimum absolute atomic E-state index is 0.188. The molecule has 1 heterocycles. The van der Waals surface area contributed by atoms with E-state index in [1.54, 1.807) is 0 Å². The molecule has 0 atom stereocenters. The van der Waals surface area contributed by atoms with E-state index in [4.69, 9.17) is 23.1 Å². The van der Waals surface area contributed by atoms with Gasteiger partial charge in [0, 0.05) is 16.1 Å². The average molecular weight is 277 g/mol. The Balaban J connectivity index is 2.53. The van der Waals surface area contributed by atoms with Crippen molar-refractivity contribution in [1.82, 2.24) is 9.97 Å². The summed E-state index contributed by atoms with van der Waals surface area (Å²) in [7, 11) is 0. The molecular formula is C14H17ClN4. The van der Waals surface area contributed by atoms with Crippen molar-refractivity contribution in [3.05, 3.63) is 34.9 Å². The van der Waals surface area contributed by atoms with Crippen LogP contribution in [0.2, 0.25) is 5.02 Å². The normalized spacial score (nSPS) is 10.6. The molecule has 0 fully saturated rings. The van der Waals surface area contributed by atoms with Crippen molar-refractivity contribution in [2.24, 2.45) is 0 Å². The molecule has 0 amide bonds. The highest BCUT2D eigenvalue weighted by Gasteiger charge is 2.13. The van der Waals surface area contributed by atoms with Crippen molar-refractivity contribution in [3.8, 4) is 11.3 Å². The van der Waals surface area contributed by atoms with Gasteiger partial charge in [0.05, 0.1) is 5.69 Å². The second-order valence-electron chi connectivity index (χ2n) is 4.41. The molecule has 1 aromatic heterocycles. The van der Waals surface area contributed by atoms with E-state index in [1.165, 1.54) is 0 Å². The molecule has 2 aromatic rings. The number of nitrogens with two attached hydrogens (primary N) is 2. The second kappa shape index (κ2) is 5.89. The Morgan fingerprint density at radius 3 is 2.68 bits per heavy atom. The molecule has 0 radical (unpaired) electrons. The molecule has 0 saturated carbocycles. The SMILES string of the molecule is CCCCc1c(N)nc(N)nc1-c1cccc(Cl)c1. The van der Waals surface area contributed by atoms with Gasteiger partial charge in [-0.05, 0) is 25.0 Å². The summed E-state index contributed by atoms with van der Waals surface area (Å²) in [6, 6.07) is 7.52. The molecule has 0 unspecified atom stereocenters. The molecule has 0 aliphatic heterocycles. The van der Waals surface area contributed by atoms with Crippen molar-refractivity contribution in [2.45, 2.75) is 26.2 Å². The number of halogens is 1. The molecule has 2 rings (SSSR count). The van der Waals surface area contributed by atoms with Crippen molar-refractivity contribution in [2.75, 3.05) is 11.5 Å². The summed E-state index contributed by atoms with van der Waals surface area (Å²) < 4.78 is 0. The highest BCUT2D eigenvalue weighted by atomic mass is 35.5. The van der Waals surface area contributed by atoms with Crippen LogP contribution in [0.5, 0.6) is 0 Å². The van der Waals surface area contributed by atoms with E-state index in [1.807, 2.05) is 24.3 Å². The fraction of sp³-hybridized carbons (Fsp3) is 0.286. The van der Waals surface area contributed by atoms with Crippen LogP contribution >= 0.6 is 11.6 Å². The lowest BCUT2D eigenvalue weighted by molar-refractivity contribution is 0.792. The van der Waals surface area contributed by atoms with Crippen LogP contribution in [0.15, 0.2) is 24.3 Å². The van der Waals surface area contributed by atoms with Gasteiger partial charge in [-0.1, -0.05) is 37.1 Å². The quantitative estimate of drug-likeness (QED) is 0.898. The Bertz CT molecular complexity index is 584. The van der Waals surface area contributed by atoms with Crippen molar-refractivity contribution >= 4 is 23.4 Å². The highest BCUT2D eigenvalue weighted by Crippen LogP contribution is 2.28. The number of benzene rings is 1. The first-order chi connectivity index (χ1) is 9.11. The fourth-order valence-electron chi connectivity index (χ4n) is 1.99. The summed E-state index contributed by atoms with van der Waals surface area (Å²) in [5.74, 6) is 0.642. The zero-order valence-corrected chi connectivity index (χ0v) is 11.6. The monoisotopic (exact) mass is 276 g/mol. The average Bonchev–Trinajstić information content (AvgIpc) is 2.37. The van der Waals surface area contributed by atoms with Crippen LogP contribution in [0.1, 0.15) is 25.3 Å². The first-order valence-corrected chi connectivity index (χ1v) is 6.67. The zero-order chi connectivity index (χ0) is 13.8. The number of hydrogen-bond donors (Lipinski definition) is 2. The summed E-state index contributed by atoms with van der Waals surface area (Å²) in [6.45, 7) is 2.13. The van der Waals surface area contributed by atoms with Gasteiger partial charge in [-0.3, -0.25) is 0 Å². The molecule has 4 nitrogen and oxygen atoms in total. The molecule has 0 aliphatic carbocycles. The maximum Gasteiger partial charge on any atom is 0.222 e. The Morgan fingerprint density at radius 1 is 1.21 bits per heavy atom. The predicted molar refractivity (Wildman–Crippen MR) is 79.9 cm³/mol. The smallest absolute Gasteiger partial charge is 0.222 e. The van der Waals surface area contributed by atoms with Crippen LogP contribution in [0.25, 0.3) is 11.3 Å². The molecule has 5 heteroatoms. The second-order valence-corrected chi connectivity index (χ2v) is 4.84. The molecule has 4 N–H and O–H groups in total. The third-order valence-electron chi connectivity index (χ3n) is 2.93. The Morgan fingerprint density at radius 2 is 2.00 bits per heavy atom. The number of hydrogen-bond acceptors (Lipinski definition) is 4. The Hall–Kier alpha value is -1.81. The van der Waals surface area contributed by atoms with E-state index < -0.39 is 0 Å². The van der Waals surface area contributed by atoms with Gasteiger partial charge in [0.25, 0.3) is 0 Å². The number of anilines is 2. The van der Waals surface area contributed by atoms with Crippen molar-refractivity contribution in [1.29, 1.82) is 0 Å². The largest absolute Gasteiger partial charge is 0.383 e. The molecule has 19 heavy (non-hydrogen) atoms. The number of unbranched alkanes of at least 4 members (excludes halogenated alkanes) is 1. The summed E-state index contributed by atoms with van der Waals surface area (Å²) >= 11 is 6.03. The molecule has 100 valence electrons. The summed E-state index contributed by atoms with van der Waals surface area (Å²) in [5.41, 5.74) is 14.3. The van der Waals surface area contributed by atoms with E-state index in [2.05, 4.69) is 16.9 Å².